The summed E-state index contributed by atoms with van der Waals surface area (Å²) in [7, 11) is 3.10. The second-order valence-corrected chi connectivity index (χ2v) is 7.78. The lowest BCUT2D eigenvalue weighted by molar-refractivity contribution is -0.0768. The largest absolute Gasteiger partial charge is 0.485 e. The van der Waals surface area contributed by atoms with Gasteiger partial charge in [-0.15, -0.1) is 0 Å². The number of ether oxygens (including phenoxy) is 5. The number of fused-ring (bicyclic) bond motifs is 3. The molecule has 0 aromatic heterocycles. The van der Waals surface area contributed by atoms with Gasteiger partial charge in [0.05, 0.1) is 0 Å². The highest BCUT2D eigenvalue weighted by molar-refractivity contribution is 5.46. The molecule has 0 spiro atoms. The fourth-order valence-electron chi connectivity index (χ4n) is 4.42. The van der Waals surface area contributed by atoms with E-state index in [9.17, 15) is 8.78 Å². The minimum Gasteiger partial charge on any atom is -0.485 e. The topological polar surface area (TPSA) is 46.2 Å². The van der Waals surface area contributed by atoms with Crippen molar-refractivity contribution in [3.63, 3.8) is 0 Å². The Hall–Kier alpha value is -2.38. The van der Waals surface area contributed by atoms with Crippen LogP contribution in [0, 0.1) is 5.92 Å². The van der Waals surface area contributed by atoms with E-state index in [2.05, 4.69) is 0 Å². The van der Waals surface area contributed by atoms with E-state index in [4.69, 9.17) is 23.7 Å². The molecular formula is C23H26F2O5. The minimum atomic E-state index is -2.68. The van der Waals surface area contributed by atoms with Crippen LogP contribution in [0.1, 0.15) is 42.4 Å². The van der Waals surface area contributed by atoms with E-state index in [0.717, 1.165) is 11.1 Å². The number of rotatable bonds is 7. The Balaban J connectivity index is 1.64. The number of halogens is 2. The lowest BCUT2D eigenvalue weighted by Crippen LogP contribution is -2.38. The summed E-state index contributed by atoms with van der Waals surface area (Å²) in [5.74, 6) is -1.13. The molecule has 1 aliphatic carbocycles. The molecule has 0 amide bonds. The van der Waals surface area contributed by atoms with E-state index >= 15 is 0 Å². The van der Waals surface area contributed by atoms with Crippen molar-refractivity contribution in [3.05, 3.63) is 53.6 Å². The zero-order valence-electron chi connectivity index (χ0n) is 17.1. The van der Waals surface area contributed by atoms with Gasteiger partial charge in [-0.3, -0.25) is 0 Å². The molecule has 3 atom stereocenters. The Morgan fingerprint density at radius 2 is 1.63 bits per heavy atom. The Labute approximate surface area is 174 Å². The maximum atomic E-state index is 14.4. The van der Waals surface area contributed by atoms with Crippen molar-refractivity contribution in [2.75, 3.05) is 27.8 Å². The number of hydrogen-bond donors (Lipinski definition) is 0. The summed E-state index contributed by atoms with van der Waals surface area (Å²) in [5, 5.41) is 0. The van der Waals surface area contributed by atoms with Crippen LogP contribution in [0.3, 0.4) is 0 Å². The number of alkyl halides is 2. The average Bonchev–Trinajstić information content (AvgIpc) is 2.75. The minimum absolute atomic E-state index is 0.0412. The summed E-state index contributed by atoms with van der Waals surface area (Å²) in [6, 6.07) is 12.9. The molecule has 1 saturated carbocycles. The van der Waals surface area contributed by atoms with Crippen LogP contribution in [0.5, 0.6) is 17.2 Å². The first-order chi connectivity index (χ1) is 14.5. The first kappa shape index (κ1) is 20.9. The van der Waals surface area contributed by atoms with Crippen LogP contribution in [0.15, 0.2) is 42.5 Å². The Bertz CT molecular complexity index is 855. The van der Waals surface area contributed by atoms with Crippen LogP contribution in [-0.4, -0.2) is 33.7 Å². The molecule has 0 saturated heterocycles. The molecule has 0 N–H and O–H groups in total. The standard InChI is InChI=1S/C23H26F2O5/c1-26-13-28-16-5-3-15(4-6-16)22-18-9-10-23(24,25)12-20(18)19-11-17(29-14-27-2)7-8-21(19)30-22/h3-8,11,18,20,22H,9-10,12-14H2,1-2H3/t18-,20+,22-/m1/s1. The molecule has 0 unspecified atom stereocenters. The zero-order chi connectivity index (χ0) is 21.1. The van der Waals surface area contributed by atoms with Gasteiger partial charge in [0.25, 0.3) is 0 Å². The van der Waals surface area contributed by atoms with Crippen molar-refractivity contribution in [2.45, 2.75) is 37.2 Å². The highest BCUT2D eigenvalue weighted by atomic mass is 19.3. The molecule has 4 rings (SSSR count). The van der Waals surface area contributed by atoms with Gasteiger partial charge < -0.3 is 23.7 Å². The number of methoxy groups -OCH3 is 2. The van der Waals surface area contributed by atoms with Gasteiger partial charge in [0, 0.05) is 44.5 Å². The van der Waals surface area contributed by atoms with Crippen molar-refractivity contribution in [1.29, 1.82) is 0 Å². The Kier molecular flexibility index (Phi) is 6.11. The molecular weight excluding hydrogens is 394 g/mol. The van der Waals surface area contributed by atoms with Gasteiger partial charge in [0.1, 0.15) is 23.4 Å². The molecule has 0 radical (unpaired) electrons. The monoisotopic (exact) mass is 420 g/mol. The Morgan fingerprint density at radius 1 is 0.967 bits per heavy atom. The van der Waals surface area contributed by atoms with Crippen molar-refractivity contribution in [2.24, 2.45) is 5.92 Å². The van der Waals surface area contributed by atoms with Crippen LogP contribution in [0.2, 0.25) is 0 Å². The third-order valence-electron chi connectivity index (χ3n) is 5.80. The molecule has 2 aromatic carbocycles. The van der Waals surface area contributed by atoms with E-state index < -0.39 is 5.92 Å². The van der Waals surface area contributed by atoms with Crippen LogP contribution < -0.4 is 14.2 Å². The SMILES string of the molecule is COCOc1ccc([C@H]2Oc3ccc(OCOC)cc3[C@H]3CC(F)(F)CC[C@H]32)cc1. The van der Waals surface area contributed by atoms with Crippen molar-refractivity contribution in [1.82, 2.24) is 0 Å². The van der Waals surface area contributed by atoms with Crippen molar-refractivity contribution < 1.29 is 32.5 Å². The summed E-state index contributed by atoms with van der Waals surface area (Å²) < 4.78 is 55.9. The molecule has 2 aromatic rings. The summed E-state index contributed by atoms with van der Waals surface area (Å²) >= 11 is 0. The number of hydrogen-bond acceptors (Lipinski definition) is 5. The van der Waals surface area contributed by atoms with Gasteiger partial charge in [0.2, 0.25) is 5.92 Å². The molecule has 2 aliphatic rings. The van der Waals surface area contributed by atoms with E-state index in [0.29, 0.717) is 23.7 Å². The summed E-state index contributed by atoms with van der Waals surface area (Å²) in [6.45, 7) is 0.268. The zero-order valence-corrected chi connectivity index (χ0v) is 17.1. The summed E-state index contributed by atoms with van der Waals surface area (Å²) in [5.41, 5.74) is 1.73. The predicted molar refractivity (Wildman–Crippen MR) is 106 cm³/mol. The van der Waals surface area contributed by atoms with Gasteiger partial charge >= 0.3 is 0 Å². The smallest absolute Gasteiger partial charge is 0.248 e. The highest BCUT2D eigenvalue weighted by Crippen LogP contribution is 2.56. The highest BCUT2D eigenvalue weighted by Gasteiger charge is 2.48. The lowest BCUT2D eigenvalue weighted by atomic mass is 9.68. The maximum absolute atomic E-state index is 14.4. The van der Waals surface area contributed by atoms with Crippen molar-refractivity contribution >= 4 is 0 Å². The van der Waals surface area contributed by atoms with E-state index in [1.54, 1.807) is 19.2 Å². The molecule has 1 heterocycles. The molecule has 1 aliphatic heterocycles. The quantitative estimate of drug-likeness (QED) is 0.569. The van der Waals surface area contributed by atoms with E-state index in [-0.39, 0.29) is 44.4 Å². The van der Waals surface area contributed by atoms with Crippen molar-refractivity contribution in [3.8, 4) is 17.2 Å². The summed E-state index contributed by atoms with van der Waals surface area (Å²) in [6.07, 6.45) is -0.209. The molecule has 162 valence electrons. The normalized spacial score (nSPS) is 24.3. The van der Waals surface area contributed by atoms with Crippen LogP contribution in [0.25, 0.3) is 0 Å². The molecule has 5 nitrogen and oxygen atoms in total. The van der Waals surface area contributed by atoms with E-state index in [1.807, 2.05) is 30.3 Å². The molecule has 30 heavy (non-hydrogen) atoms. The fraction of sp³-hybridized carbons (Fsp3) is 0.478. The van der Waals surface area contributed by atoms with Gasteiger partial charge in [-0.1, -0.05) is 12.1 Å². The second-order valence-electron chi connectivity index (χ2n) is 7.78. The third-order valence-corrected chi connectivity index (χ3v) is 5.80. The fourth-order valence-corrected chi connectivity index (χ4v) is 4.42. The van der Waals surface area contributed by atoms with Crippen LogP contribution in [-0.2, 0) is 9.47 Å². The molecule has 7 heteroatoms. The molecule has 1 fully saturated rings. The van der Waals surface area contributed by atoms with Gasteiger partial charge in [-0.05, 0) is 42.3 Å². The van der Waals surface area contributed by atoms with Gasteiger partial charge in [0.15, 0.2) is 13.6 Å². The summed E-state index contributed by atoms with van der Waals surface area (Å²) in [4.78, 5) is 0. The molecule has 0 bridgehead atoms. The first-order valence-corrected chi connectivity index (χ1v) is 10.0. The predicted octanol–water partition coefficient (Wildman–Crippen LogP) is 5.30. The average molecular weight is 420 g/mol. The first-order valence-electron chi connectivity index (χ1n) is 10.0. The third kappa shape index (κ3) is 4.37. The second kappa shape index (κ2) is 8.78. The number of benzene rings is 2. The Morgan fingerprint density at radius 3 is 2.33 bits per heavy atom. The van der Waals surface area contributed by atoms with Crippen LogP contribution in [0.4, 0.5) is 8.78 Å². The van der Waals surface area contributed by atoms with Gasteiger partial charge in [-0.25, -0.2) is 8.78 Å². The lowest BCUT2D eigenvalue weighted by Gasteiger charge is -2.44. The van der Waals surface area contributed by atoms with E-state index in [1.165, 1.54) is 7.11 Å². The maximum Gasteiger partial charge on any atom is 0.248 e. The van der Waals surface area contributed by atoms with Gasteiger partial charge in [-0.2, -0.15) is 0 Å². The van der Waals surface area contributed by atoms with Crippen LogP contribution >= 0.6 is 0 Å².